The van der Waals surface area contributed by atoms with Crippen LogP contribution in [0.1, 0.15) is 16.1 Å². The fraction of sp³-hybridized carbons (Fsp3) is 0.0556. The summed E-state index contributed by atoms with van der Waals surface area (Å²) in [6, 6.07) is 18.9. The van der Waals surface area contributed by atoms with Crippen molar-refractivity contribution in [3.63, 3.8) is 0 Å². The fourth-order valence-electron chi connectivity index (χ4n) is 1.97. The number of amides is 1. The van der Waals surface area contributed by atoms with Crippen LogP contribution < -0.4 is 5.32 Å². The molecular formula is C18H13NO2. The number of carbonyl (C=O) groups is 1. The van der Waals surface area contributed by atoms with E-state index in [1.54, 1.807) is 6.07 Å². The average molecular weight is 275 g/mol. The Morgan fingerprint density at radius 3 is 2.62 bits per heavy atom. The Balaban J connectivity index is 1.63. The highest BCUT2D eigenvalue weighted by atomic mass is 16.3. The average Bonchev–Trinajstić information content (AvgIpc) is 2.96. The summed E-state index contributed by atoms with van der Waals surface area (Å²) in [5.41, 5.74) is 1.63. The lowest BCUT2D eigenvalue weighted by molar-refractivity contribution is 0.0933. The molecule has 0 aliphatic rings. The monoisotopic (exact) mass is 275 g/mol. The van der Waals surface area contributed by atoms with Gasteiger partial charge in [-0.05, 0) is 24.3 Å². The molecule has 0 fully saturated rings. The first-order valence-electron chi connectivity index (χ1n) is 6.63. The third-order valence-corrected chi connectivity index (χ3v) is 2.99. The van der Waals surface area contributed by atoms with Crippen molar-refractivity contribution in [3.8, 4) is 11.8 Å². The zero-order valence-corrected chi connectivity index (χ0v) is 11.3. The first kappa shape index (κ1) is 13.0. The summed E-state index contributed by atoms with van der Waals surface area (Å²) in [6.07, 6.45) is 0. The highest BCUT2D eigenvalue weighted by Gasteiger charge is 2.10. The molecule has 3 rings (SSSR count). The van der Waals surface area contributed by atoms with Crippen LogP contribution in [0.4, 0.5) is 0 Å². The molecule has 0 unspecified atom stereocenters. The van der Waals surface area contributed by atoms with Crippen molar-refractivity contribution in [1.29, 1.82) is 0 Å². The summed E-state index contributed by atoms with van der Waals surface area (Å²) >= 11 is 0. The second-order valence-electron chi connectivity index (χ2n) is 4.50. The number of benzene rings is 2. The van der Waals surface area contributed by atoms with Crippen molar-refractivity contribution in [2.75, 3.05) is 6.54 Å². The Hall–Kier alpha value is -2.99. The van der Waals surface area contributed by atoms with Crippen molar-refractivity contribution in [1.82, 2.24) is 5.32 Å². The van der Waals surface area contributed by atoms with Gasteiger partial charge in [0.1, 0.15) is 5.58 Å². The maximum atomic E-state index is 12.0. The predicted molar refractivity (Wildman–Crippen MR) is 81.9 cm³/mol. The molecule has 1 amide bonds. The van der Waals surface area contributed by atoms with Crippen molar-refractivity contribution >= 4 is 16.9 Å². The van der Waals surface area contributed by atoms with Gasteiger partial charge >= 0.3 is 0 Å². The lowest BCUT2D eigenvalue weighted by atomic mass is 10.2. The highest BCUT2D eigenvalue weighted by Crippen LogP contribution is 2.18. The molecular weight excluding hydrogens is 262 g/mol. The quantitative estimate of drug-likeness (QED) is 0.730. The largest absolute Gasteiger partial charge is 0.451 e. The Bertz CT molecular complexity index is 789. The van der Waals surface area contributed by atoms with E-state index < -0.39 is 0 Å². The van der Waals surface area contributed by atoms with Gasteiger partial charge < -0.3 is 9.73 Å². The molecule has 21 heavy (non-hydrogen) atoms. The van der Waals surface area contributed by atoms with Crippen molar-refractivity contribution in [3.05, 3.63) is 72.0 Å². The van der Waals surface area contributed by atoms with Crippen molar-refractivity contribution in [2.45, 2.75) is 0 Å². The van der Waals surface area contributed by atoms with Gasteiger partial charge in [-0.25, -0.2) is 0 Å². The predicted octanol–water partition coefficient (Wildman–Crippen LogP) is 3.21. The summed E-state index contributed by atoms with van der Waals surface area (Å²) in [5, 5.41) is 3.64. The van der Waals surface area contributed by atoms with Crippen LogP contribution in [0.2, 0.25) is 0 Å². The third-order valence-electron chi connectivity index (χ3n) is 2.99. The Morgan fingerprint density at radius 2 is 1.81 bits per heavy atom. The van der Waals surface area contributed by atoms with Crippen molar-refractivity contribution < 1.29 is 9.21 Å². The minimum absolute atomic E-state index is 0.256. The van der Waals surface area contributed by atoms with E-state index >= 15 is 0 Å². The number of fused-ring (bicyclic) bond motifs is 1. The number of carbonyl (C=O) groups excluding carboxylic acids is 1. The Morgan fingerprint density at radius 1 is 1.05 bits per heavy atom. The SMILES string of the molecule is O=C(NCC#Cc1ccccc1)c1cc2ccccc2o1. The Labute approximate surface area is 122 Å². The van der Waals surface area contributed by atoms with Gasteiger partial charge in [-0.3, -0.25) is 4.79 Å². The second-order valence-corrected chi connectivity index (χ2v) is 4.50. The first-order chi connectivity index (χ1) is 10.3. The number of furan rings is 1. The van der Waals surface area contributed by atoms with E-state index in [-0.39, 0.29) is 12.5 Å². The molecule has 1 N–H and O–H groups in total. The van der Waals surface area contributed by atoms with E-state index in [0.717, 1.165) is 10.9 Å². The molecule has 0 aliphatic heterocycles. The van der Waals surface area contributed by atoms with Crippen LogP contribution in [-0.2, 0) is 0 Å². The fourth-order valence-corrected chi connectivity index (χ4v) is 1.97. The molecule has 0 spiro atoms. The lowest BCUT2D eigenvalue weighted by Gasteiger charge is -1.96. The zero-order valence-electron chi connectivity index (χ0n) is 11.3. The maximum Gasteiger partial charge on any atom is 0.287 e. The number of hydrogen-bond donors (Lipinski definition) is 1. The van der Waals surface area contributed by atoms with Crippen LogP contribution in [-0.4, -0.2) is 12.5 Å². The van der Waals surface area contributed by atoms with Crippen LogP contribution >= 0.6 is 0 Å². The van der Waals surface area contributed by atoms with Gasteiger partial charge in [0.15, 0.2) is 5.76 Å². The summed E-state index contributed by atoms with van der Waals surface area (Å²) in [6.45, 7) is 0.283. The molecule has 2 aromatic carbocycles. The summed E-state index contributed by atoms with van der Waals surface area (Å²) in [4.78, 5) is 12.0. The molecule has 0 atom stereocenters. The zero-order chi connectivity index (χ0) is 14.5. The molecule has 1 heterocycles. The van der Waals surface area contributed by atoms with E-state index in [1.807, 2.05) is 54.6 Å². The molecule has 3 aromatic rings. The van der Waals surface area contributed by atoms with Gasteiger partial charge in [-0.15, -0.1) is 0 Å². The highest BCUT2D eigenvalue weighted by molar-refractivity contribution is 5.96. The van der Waals surface area contributed by atoms with Gasteiger partial charge in [0.2, 0.25) is 0 Å². The van der Waals surface area contributed by atoms with Gasteiger partial charge in [-0.2, -0.15) is 0 Å². The topological polar surface area (TPSA) is 42.2 Å². The van der Waals surface area contributed by atoms with Gasteiger partial charge in [-0.1, -0.05) is 48.2 Å². The van der Waals surface area contributed by atoms with E-state index in [2.05, 4.69) is 17.2 Å². The van der Waals surface area contributed by atoms with Crippen LogP contribution in [0.5, 0.6) is 0 Å². The maximum absolute atomic E-state index is 12.0. The first-order valence-corrected chi connectivity index (χ1v) is 6.63. The number of hydrogen-bond acceptors (Lipinski definition) is 2. The number of para-hydroxylation sites is 1. The van der Waals surface area contributed by atoms with Crippen LogP contribution in [0.15, 0.2) is 65.1 Å². The number of nitrogens with one attached hydrogen (secondary N) is 1. The Kier molecular flexibility index (Phi) is 3.70. The molecule has 3 nitrogen and oxygen atoms in total. The normalized spacial score (nSPS) is 9.90. The molecule has 0 radical (unpaired) electrons. The molecule has 102 valence electrons. The lowest BCUT2D eigenvalue weighted by Crippen LogP contribution is -2.22. The van der Waals surface area contributed by atoms with Crippen LogP contribution in [0.3, 0.4) is 0 Å². The molecule has 1 aromatic heterocycles. The number of rotatable bonds is 2. The smallest absolute Gasteiger partial charge is 0.287 e. The van der Waals surface area contributed by atoms with Crippen LogP contribution in [0.25, 0.3) is 11.0 Å². The van der Waals surface area contributed by atoms with E-state index in [9.17, 15) is 4.79 Å². The minimum atomic E-state index is -0.256. The van der Waals surface area contributed by atoms with E-state index in [0.29, 0.717) is 11.3 Å². The second kappa shape index (κ2) is 5.98. The molecule has 0 aliphatic carbocycles. The summed E-state index contributed by atoms with van der Waals surface area (Å²) in [7, 11) is 0. The standard InChI is InChI=1S/C18H13NO2/c20-18(17-13-15-10-4-5-11-16(15)21-17)19-12-6-9-14-7-2-1-3-8-14/h1-5,7-8,10-11,13H,12H2,(H,19,20). The minimum Gasteiger partial charge on any atom is -0.451 e. The molecule has 0 saturated carbocycles. The van der Waals surface area contributed by atoms with Gasteiger partial charge in [0, 0.05) is 10.9 Å². The van der Waals surface area contributed by atoms with Crippen molar-refractivity contribution in [2.24, 2.45) is 0 Å². The van der Waals surface area contributed by atoms with E-state index in [1.165, 1.54) is 0 Å². The van der Waals surface area contributed by atoms with Crippen LogP contribution in [0, 0.1) is 11.8 Å². The summed E-state index contributed by atoms with van der Waals surface area (Å²) in [5.74, 6) is 5.94. The van der Waals surface area contributed by atoms with Gasteiger partial charge in [0.25, 0.3) is 5.91 Å². The summed E-state index contributed by atoms with van der Waals surface area (Å²) < 4.78 is 5.48. The molecule has 3 heteroatoms. The molecule has 0 bridgehead atoms. The third kappa shape index (κ3) is 3.13. The molecule has 0 saturated heterocycles. The van der Waals surface area contributed by atoms with E-state index in [4.69, 9.17) is 4.42 Å². The van der Waals surface area contributed by atoms with Gasteiger partial charge in [0.05, 0.1) is 6.54 Å².